The summed E-state index contributed by atoms with van der Waals surface area (Å²) >= 11 is 5.80. The maximum atomic E-state index is 12.1. The first-order valence-corrected chi connectivity index (χ1v) is 7.90. The maximum absolute atomic E-state index is 12.1. The molecule has 0 bridgehead atoms. The zero-order valence-electron chi connectivity index (χ0n) is 10.7. The van der Waals surface area contributed by atoms with Gasteiger partial charge in [-0.05, 0) is 29.3 Å². The summed E-state index contributed by atoms with van der Waals surface area (Å²) in [7, 11) is -3.56. The van der Waals surface area contributed by atoms with Crippen LogP contribution in [0.5, 0.6) is 0 Å². The third kappa shape index (κ3) is 3.80. The molecule has 0 fully saturated rings. The zero-order valence-corrected chi connectivity index (χ0v) is 12.3. The van der Waals surface area contributed by atoms with E-state index in [1.54, 1.807) is 12.1 Å². The summed E-state index contributed by atoms with van der Waals surface area (Å²) < 4.78 is 26.7. The number of halogens is 1. The van der Waals surface area contributed by atoms with Crippen molar-refractivity contribution < 1.29 is 8.42 Å². The molecule has 0 atom stereocenters. The van der Waals surface area contributed by atoms with Gasteiger partial charge in [-0.3, -0.25) is 0 Å². The Balaban J connectivity index is 2.09. The molecule has 2 aromatic rings. The molecule has 0 aromatic heterocycles. The molecule has 0 amide bonds. The first kappa shape index (κ1) is 15.0. The molecule has 0 saturated heterocycles. The van der Waals surface area contributed by atoms with Gasteiger partial charge < -0.3 is 5.73 Å². The lowest BCUT2D eigenvalue weighted by Crippen LogP contribution is -2.23. The normalized spacial score (nSPS) is 11.5. The molecule has 0 aliphatic carbocycles. The summed E-state index contributed by atoms with van der Waals surface area (Å²) in [6.45, 7) is 0.689. The van der Waals surface area contributed by atoms with Gasteiger partial charge in [-0.25, -0.2) is 13.1 Å². The fourth-order valence-electron chi connectivity index (χ4n) is 1.69. The van der Waals surface area contributed by atoms with Crippen molar-refractivity contribution in [2.75, 3.05) is 0 Å². The molecular formula is C14H15ClN2O2S. The van der Waals surface area contributed by atoms with Crippen LogP contribution in [0.1, 0.15) is 11.1 Å². The summed E-state index contributed by atoms with van der Waals surface area (Å²) in [5, 5.41) is 0.389. The fraction of sp³-hybridized carbons (Fsp3) is 0.143. The second kappa shape index (κ2) is 6.37. The molecule has 0 aliphatic rings. The Kier molecular flexibility index (Phi) is 4.77. The molecule has 0 unspecified atom stereocenters. The Morgan fingerprint density at radius 3 is 2.30 bits per heavy atom. The van der Waals surface area contributed by atoms with Crippen LogP contribution in [0.25, 0.3) is 0 Å². The number of hydrogen-bond acceptors (Lipinski definition) is 3. The molecule has 2 rings (SSSR count). The lowest BCUT2D eigenvalue weighted by molar-refractivity contribution is 0.581. The van der Waals surface area contributed by atoms with E-state index in [1.165, 1.54) is 12.1 Å². The molecule has 0 spiro atoms. The van der Waals surface area contributed by atoms with Gasteiger partial charge in [0, 0.05) is 18.1 Å². The van der Waals surface area contributed by atoms with Gasteiger partial charge in [0.15, 0.2) is 0 Å². The van der Waals surface area contributed by atoms with Crippen LogP contribution >= 0.6 is 11.6 Å². The number of hydrogen-bond donors (Lipinski definition) is 2. The van der Waals surface area contributed by atoms with Gasteiger partial charge in [-0.2, -0.15) is 0 Å². The highest BCUT2D eigenvalue weighted by molar-refractivity contribution is 7.89. The Labute approximate surface area is 123 Å². The monoisotopic (exact) mass is 310 g/mol. The van der Waals surface area contributed by atoms with Crippen LogP contribution < -0.4 is 10.5 Å². The van der Waals surface area contributed by atoms with Crippen LogP contribution in [0.2, 0.25) is 5.02 Å². The zero-order chi connectivity index (χ0) is 14.6. The first-order chi connectivity index (χ1) is 9.51. The first-order valence-electron chi connectivity index (χ1n) is 6.04. The van der Waals surface area contributed by atoms with Crippen LogP contribution in [-0.4, -0.2) is 8.42 Å². The molecule has 6 heteroatoms. The average molecular weight is 311 g/mol. The summed E-state index contributed by atoms with van der Waals surface area (Å²) in [4.78, 5) is 0.156. The predicted molar refractivity (Wildman–Crippen MR) is 79.8 cm³/mol. The topological polar surface area (TPSA) is 72.2 Å². The summed E-state index contributed by atoms with van der Waals surface area (Å²) in [5.41, 5.74) is 7.38. The highest BCUT2D eigenvalue weighted by atomic mass is 35.5. The van der Waals surface area contributed by atoms with E-state index >= 15 is 0 Å². The third-order valence-electron chi connectivity index (χ3n) is 2.83. The number of rotatable bonds is 5. The van der Waals surface area contributed by atoms with Gasteiger partial charge >= 0.3 is 0 Å². The molecule has 2 aromatic carbocycles. The Bertz CT molecular complexity index is 685. The average Bonchev–Trinajstić information content (AvgIpc) is 2.46. The lowest BCUT2D eigenvalue weighted by Gasteiger charge is -2.07. The van der Waals surface area contributed by atoms with E-state index in [1.807, 2.05) is 24.3 Å². The van der Waals surface area contributed by atoms with Gasteiger partial charge in [0.05, 0.1) is 4.90 Å². The molecule has 0 aliphatic heterocycles. The highest BCUT2D eigenvalue weighted by Gasteiger charge is 2.13. The fourth-order valence-corrected chi connectivity index (χ4v) is 3.01. The van der Waals surface area contributed by atoms with E-state index in [9.17, 15) is 8.42 Å². The van der Waals surface area contributed by atoms with Crippen molar-refractivity contribution in [3.8, 4) is 0 Å². The summed E-state index contributed by atoms with van der Waals surface area (Å²) in [5.74, 6) is 0. The minimum atomic E-state index is -3.56. The minimum Gasteiger partial charge on any atom is -0.326 e. The van der Waals surface area contributed by atoms with Crippen molar-refractivity contribution in [1.82, 2.24) is 4.72 Å². The van der Waals surface area contributed by atoms with Crippen LogP contribution in [0, 0.1) is 0 Å². The van der Waals surface area contributed by atoms with E-state index in [4.69, 9.17) is 17.3 Å². The van der Waals surface area contributed by atoms with Gasteiger partial charge in [-0.1, -0.05) is 41.9 Å². The number of benzene rings is 2. The van der Waals surface area contributed by atoms with Crippen molar-refractivity contribution in [3.63, 3.8) is 0 Å². The molecule has 20 heavy (non-hydrogen) atoms. The number of sulfonamides is 1. The molecule has 4 nitrogen and oxygen atoms in total. The second-order valence-electron chi connectivity index (χ2n) is 4.30. The number of nitrogens with one attached hydrogen (secondary N) is 1. The van der Waals surface area contributed by atoms with E-state index < -0.39 is 10.0 Å². The summed E-state index contributed by atoms with van der Waals surface area (Å²) in [6, 6.07) is 13.6. The molecule has 0 saturated carbocycles. The SMILES string of the molecule is NCc1ccc(CNS(=O)(=O)c2cccc(Cl)c2)cc1. The maximum Gasteiger partial charge on any atom is 0.240 e. The van der Waals surface area contributed by atoms with Crippen LogP contribution in [-0.2, 0) is 23.1 Å². The quantitative estimate of drug-likeness (QED) is 0.890. The number of nitrogens with two attached hydrogens (primary N) is 1. The van der Waals surface area contributed by atoms with Crippen LogP contribution in [0.15, 0.2) is 53.4 Å². The lowest BCUT2D eigenvalue weighted by atomic mass is 10.1. The smallest absolute Gasteiger partial charge is 0.240 e. The third-order valence-corrected chi connectivity index (χ3v) is 4.47. The molecular weight excluding hydrogens is 296 g/mol. The largest absolute Gasteiger partial charge is 0.326 e. The van der Waals surface area contributed by atoms with Gasteiger partial charge in [0.1, 0.15) is 0 Å². The van der Waals surface area contributed by atoms with Gasteiger partial charge in [-0.15, -0.1) is 0 Å². The Morgan fingerprint density at radius 2 is 1.70 bits per heavy atom. The van der Waals surface area contributed by atoms with E-state index in [-0.39, 0.29) is 11.4 Å². The van der Waals surface area contributed by atoms with Gasteiger partial charge in [0.2, 0.25) is 10.0 Å². The van der Waals surface area contributed by atoms with E-state index in [0.29, 0.717) is 11.6 Å². The predicted octanol–water partition coefficient (Wildman–Crippen LogP) is 2.28. The van der Waals surface area contributed by atoms with Crippen molar-refractivity contribution in [2.24, 2.45) is 5.73 Å². The Morgan fingerprint density at radius 1 is 1.05 bits per heavy atom. The van der Waals surface area contributed by atoms with Crippen LogP contribution in [0.3, 0.4) is 0 Å². The second-order valence-corrected chi connectivity index (χ2v) is 6.51. The minimum absolute atomic E-state index is 0.156. The molecule has 3 N–H and O–H groups in total. The molecule has 106 valence electrons. The van der Waals surface area contributed by atoms with E-state index in [2.05, 4.69) is 4.72 Å². The standard InChI is InChI=1S/C14H15ClN2O2S/c15-13-2-1-3-14(8-13)20(18,19)17-10-12-6-4-11(9-16)5-7-12/h1-8,17H,9-10,16H2. The van der Waals surface area contributed by atoms with Crippen LogP contribution in [0.4, 0.5) is 0 Å². The Hall–Kier alpha value is -1.40. The van der Waals surface area contributed by atoms with E-state index in [0.717, 1.165) is 11.1 Å². The van der Waals surface area contributed by atoms with Crippen molar-refractivity contribution in [3.05, 3.63) is 64.7 Å². The van der Waals surface area contributed by atoms with Crippen molar-refractivity contribution in [1.29, 1.82) is 0 Å². The van der Waals surface area contributed by atoms with Crippen molar-refractivity contribution in [2.45, 2.75) is 18.0 Å². The van der Waals surface area contributed by atoms with Crippen molar-refractivity contribution >= 4 is 21.6 Å². The molecule has 0 heterocycles. The summed E-state index contributed by atoms with van der Waals surface area (Å²) in [6.07, 6.45) is 0. The highest BCUT2D eigenvalue weighted by Crippen LogP contribution is 2.15. The van der Waals surface area contributed by atoms with Gasteiger partial charge in [0.25, 0.3) is 0 Å². The molecule has 0 radical (unpaired) electrons.